The zero-order valence-corrected chi connectivity index (χ0v) is 16.2. The first-order valence-corrected chi connectivity index (χ1v) is 10.7. The fourth-order valence-electron chi connectivity index (χ4n) is 3.78. The number of rotatable bonds is 4. The second-order valence-electron chi connectivity index (χ2n) is 7.47. The van der Waals surface area contributed by atoms with Crippen LogP contribution in [0.2, 0.25) is 0 Å². The number of piperidine rings is 1. The summed E-state index contributed by atoms with van der Waals surface area (Å²) in [6.45, 7) is 2.96. The molecule has 2 aromatic carbocycles. The zero-order chi connectivity index (χ0) is 19.0. The van der Waals surface area contributed by atoms with Crippen molar-refractivity contribution in [2.24, 2.45) is 0 Å². The third-order valence-electron chi connectivity index (χ3n) is 5.46. The molecular formula is C20H25N3O3S. The third-order valence-corrected chi connectivity index (χ3v) is 7.27. The van der Waals surface area contributed by atoms with Crippen molar-refractivity contribution in [3.05, 3.63) is 53.6 Å². The van der Waals surface area contributed by atoms with E-state index >= 15 is 0 Å². The molecule has 0 spiro atoms. The summed E-state index contributed by atoms with van der Waals surface area (Å²) in [4.78, 5) is 2.55. The van der Waals surface area contributed by atoms with Crippen molar-refractivity contribution in [3.63, 3.8) is 0 Å². The van der Waals surface area contributed by atoms with Crippen LogP contribution in [0.25, 0.3) is 0 Å². The van der Waals surface area contributed by atoms with Gasteiger partial charge in [-0.2, -0.15) is 4.31 Å². The molecule has 0 aromatic heterocycles. The van der Waals surface area contributed by atoms with E-state index in [4.69, 9.17) is 0 Å². The van der Waals surface area contributed by atoms with Gasteiger partial charge in [0.2, 0.25) is 10.0 Å². The van der Waals surface area contributed by atoms with E-state index in [9.17, 15) is 13.5 Å². The predicted octanol–water partition coefficient (Wildman–Crippen LogP) is 2.60. The molecule has 6 nitrogen and oxygen atoms in total. The van der Waals surface area contributed by atoms with Crippen molar-refractivity contribution in [2.75, 3.05) is 25.5 Å². The predicted molar refractivity (Wildman–Crippen MR) is 105 cm³/mol. The van der Waals surface area contributed by atoms with Crippen LogP contribution < -0.4 is 5.32 Å². The monoisotopic (exact) mass is 387 g/mol. The highest BCUT2D eigenvalue weighted by molar-refractivity contribution is 7.89. The zero-order valence-electron chi connectivity index (χ0n) is 15.4. The molecule has 4 rings (SSSR count). The van der Waals surface area contributed by atoms with E-state index in [1.165, 1.54) is 28.6 Å². The van der Waals surface area contributed by atoms with E-state index in [0.29, 0.717) is 19.1 Å². The number of nitrogens with one attached hydrogen (secondary N) is 1. The summed E-state index contributed by atoms with van der Waals surface area (Å²) >= 11 is 0. The minimum absolute atomic E-state index is 0.0586. The average Bonchev–Trinajstić information content (AvgIpc) is 3.08. The maximum atomic E-state index is 12.9. The number of sulfonamides is 1. The largest absolute Gasteiger partial charge is 0.508 e. The lowest BCUT2D eigenvalue weighted by atomic mass is 10.0. The number of fused-ring (bicyclic) bond motifs is 1. The highest BCUT2D eigenvalue weighted by atomic mass is 32.2. The Bertz CT molecular complexity index is 920. The minimum Gasteiger partial charge on any atom is -0.508 e. The fraction of sp³-hybridized carbons (Fsp3) is 0.400. The number of hydrogen-bond donors (Lipinski definition) is 2. The summed E-state index contributed by atoms with van der Waals surface area (Å²) in [6, 6.07) is 12.3. The van der Waals surface area contributed by atoms with Gasteiger partial charge < -0.3 is 15.3 Å². The van der Waals surface area contributed by atoms with Crippen LogP contribution in [0.5, 0.6) is 5.75 Å². The summed E-state index contributed by atoms with van der Waals surface area (Å²) in [5.74, 6) is 0.0586. The Morgan fingerprint density at radius 3 is 2.37 bits per heavy atom. The van der Waals surface area contributed by atoms with Crippen LogP contribution >= 0.6 is 0 Å². The van der Waals surface area contributed by atoms with Crippen molar-refractivity contribution in [3.8, 4) is 5.75 Å². The molecule has 1 fully saturated rings. The normalized spacial score (nSPS) is 19.1. The summed E-state index contributed by atoms with van der Waals surface area (Å²) in [6.07, 6.45) is 2.24. The molecule has 0 radical (unpaired) electrons. The van der Waals surface area contributed by atoms with Crippen LogP contribution in [0.3, 0.4) is 0 Å². The Kier molecular flexibility index (Phi) is 4.84. The van der Waals surface area contributed by atoms with E-state index in [1.54, 1.807) is 0 Å². The quantitative estimate of drug-likeness (QED) is 0.844. The van der Waals surface area contributed by atoms with Crippen molar-refractivity contribution in [1.82, 2.24) is 9.21 Å². The summed E-state index contributed by atoms with van der Waals surface area (Å²) < 4.78 is 27.2. The maximum absolute atomic E-state index is 12.9. The van der Waals surface area contributed by atoms with Gasteiger partial charge in [-0.05, 0) is 80.5 Å². The molecule has 27 heavy (non-hydrogen) atoms. The highest BCUT2D eigenvalue weighted by Gasteiger charge is 2.30. The lowest BCUT2D eigenvalue weighted by Gasteiger charge is -2.30. The number of hydrogen-bond acceptors (Lipinski definition) is 5. The van der Waals surface area contributed by atoms with Crippen LogP contribution in [0.1, 0.15) is 24.0 Å². The van der Waals surface area contributed by atoms with E-state index in [1.807, 2.05) is 12.1 Å². The Morgan fingerprint density at radius 1 is 1.00 bits per heavy atom. The summed E-state index contributed by atoms with van der Waals surface area (Å²) in [5, 5.41) is 13.0. The minimum atomic E-state index is -3.57. The molecule has 1 saturated heterocycles. The van der Waals surface area contributed by atoms with Crippen molar-refractivity contribution in [1.29, 1.82) is 0 Å². The van der Waals surface area contributed by atoms with Crippen molar-refractivity contribution < 1.29 is 13.5 Å². The van der Waals surface area contributed by atoms with Gasteiger partial charge in [0.1, 0.15) is 5.75 Å². The smallest absolute Gasteiger partial charge is 0.243 e. The third kappa shape index (κ3) is 3.81. The molecule has 2 N–H and O–H groups in total. The number of anilines is 1. The molecule has 0 amide bonds. The topological polar surface area (TPSA) is 72.9 Å². The first-order valence-electron chi connectivity index (χ1n) is 9.28. The highest BCUT2D eigenvalue weighted by Crippen LogP contribution is 2.31. The van der Waals surface area contributed by atoms with E-state index in [2.05, 4.69) is 23.3 Å². The maximum Gasteiger partial charge on any atom is 0.243 e. The van der Waals surface area contributed by atoms with Gasteiger partial charge in [0, 0.05) is 24.8 Å². The molecule has 2 aliphatic rings. The van der Waals surface area contributed by atoms with E-state index in [-0.39, 0.29) is 10.6 Å². The number of likely N-dealkylation sites (tertiary alicyclic amines) is 1. The van der Waals surface area contributed by atoms with Gasteiger partial charge >= 0.3 is 0 Å². The number of phenols is 1. The lowest BCUT2D eigenvalue weighted by Crippen LogP contribution is -2.36. The summed E-state index contributed by atoms with van der Waals surface area (Å²) in [7, 11) is -1.43. The number of phenolic OH excluding ortho intramolecular Hbond substituents is 1. The van der Waals surface area contributed by atoms with Gasteiger partial charge in [-0.25, -0.2) is 8.42 Å². The van der Waals surface area contributed by atoms with Gasteiger partial charge in [0.25, 0.3) is 0 Å². The van der Waals surface area contributed by atoms with Gasteiger partial charge in [-0.3, -0.25) is 0 Å². The Labute approximate surface area is 160 Å². The number of benzene rings is 2. The second-order valence-corrected chi connectivity index (χ2v) is 9.41. The van der Waals surface area contributed by atoms with Crippen LogP contribution in [-0.2, 0) is 23.1 Å². The first-order chi connectivity index (χ1) is 12.9. The van der Waals surface area contributed by atoms with E-state index < -0.39 is 10.0 Å². The van der Waals surface area contributed by atoms with Gasteiger partial charge in [-0.15, -0.1) is 0 Å². The SMILES string of the molecule is CN1CCC(Nc2ccc3c(c2)CN(S(=O)(=O)c2ccc(O)cc2)C3)CC1. The average molecular weight is 388 g/mol. The number of nitrogens with zero attached hydrogens (tertiary/aromatic N) is 2. The van der Waals surface area contributed by atoms with Crippen LogP contribution in [0.4, 0.5) is 5.69 Å². The fourth-order valence-corrected chi connectivity index (χ4v) is 5.18. The van der Waals surface area contributed by atoms with Crippen molar-refractivity contribution >= 4 is 15.7 Å². The van der Waals surface area contributed by atoms with Gasteiger partial charge in [0.15, 0.2) is 0 Å². The Balaban J connectivity index is 1.48. The lowest BCUT2D eigenvalue weighted by molar-refractivity contribution is 0.264. The molecule has 2 aromatic rings. The molecule has 7 heteroatoms. The summed E-state index contributed by atoms with van der Waals surface area (Å²) in [5.41, 5.74) is 3.16. The molecular weight excluding hydrogens is 362 g/mol. The van der Waals surface area contributed by atoms with Crippen LogP contribution in [0, 0.1) is 0 Å². The van der Waals surface area contributed by atoms with Gasteiger partial charge in [-0.1, -0.05) is 6.07 Å². The standard InChI is InChI=1S/C20H25N3O3S/c1-22-10-8-17(9-11-22)21-18-3-2-15-13-23(14-16(15)12-18)27(25,26)20-6-4-19(24)5-7-20/h2-7,12,17,21,24H,8-11,13-14H2,1H3. The second kappa shape index (κ2) is 7.14. The van der Waals surface area contributed by atoms with Crippen molar-refractivity contribution in [2.45, 2.75) is 36.9 Å². The Morgan fingerprint density at radius 2 is 1.67 bits per heavy atom. The molecule has 0 saturated carbocycles. The molecule has 144 valence electrons. The Hall–Kier alpha value is -2.09. The molecule has 2 heterocycles. The van der Waals surface area contributed by atoms with Gasteiger partial charge in [0.05, 0.1) is 4.90 Å². The molecule has 0 aliphatic carbocycles. The molecule has 0 bridgehead atoms. The van der Waals surface area contributed by atoms with Crippen LogP contribution in [-0.4, -0.2) is 48.9 Å². The van der Waals surface area contributed by atoms with E-state index in [0.717, 1.165) is 42.7 Å². The number of aromatic hydroxyl groups is 1. The van der Waals surface area contributed by atoms with Crippen LogP contribution in [0.15, 0.2) is 47.4 Å². The molecule has 2 aliphatic heterocycles. The first kappa shape index (κ1) is 18.3. The molecule has 0 atom stereocenters. The molecule has 0 unspecified atom stereocenters.